The lowest BCUT2D eigenvalue weighted by molar-refractivity contribution is -0.116. The van der Waals surface area contributed by atoms with Crippen LogP contribution in [0.1, 0.15) is 6.42 Å². The van der Waals surface area contributed by atoms with Gasteiger partial charge in [-0.1, -0.05) is 18.2 Å². The Morgan fingerprint density at radius 2 is 1.85 bits per heavy atom. The van der Waals surface area contributed by atoms with Gasteiger partial charge < -0.3 is 4.42 Å². The van der Waals surface area contributed by atoms with Crippen molar-refractivity contribution in [1.29, 1.82) is 0 Å². The van der Waals surface area contributed by atoms with Crippen LogP contribution in [0.5, 0.6) is 0 Å². The van der Waals surface area contributed by atoms with E-state index in [1.165, 1.54) is 23.2 Å². The van der Waals surface area contributed by atoms with Crippen LogP contribution < -0.4 is 16.2 Å². The number of hydrogen-bond donors (Lipinski definition) is 2. The Labute approximate surface area is 147 Å². The Kier molecular flexibility index (Phi) is 3.62. The number of para-hydroxylation sites is 1. The largest absolute Gasteiger partial charge is 0.417 e. The summed E-state index contributed by atoms with van der Waals surface area (Å²) in [7, 11) is -4.07. The van der Waals surface area contributed by atoms with Crippen molar-refractivity contribution in [3.05, 3.63) is 59.1 Å². The third-order valence-corrected chi connectivity index (χ3v) is 5.05. The van der Waals surface area contributed by atoms with Gasteiger partial charge in [-0.25, -0.2) is 9.80 Å². The highest BCUT2D eigenvalue weighted by atomic mass is 32.2. The molecule has 3 aromatic rings. The van der Waals surface area contributed by atoms with Crippen LogP contribution in [0, 0.1) is 0 Å². The molecule has 1 amide bonds. The molecule has 1 aromatic heterocycles. The normalized spacial score (nSPS) is 16.4. The second-order valence-electron chi connectivity index (χ2n) is 5.54. The van der Waals surface area contributed by atoms with Gasteiger partial charge in [0.1, 0.15) is 5.84 Å². The number of anilines is 1. The van der Waals surface area contributed by atoms with Gasteiger partial charge in [0.15, 0.2) is 5.58 Å². The number of carbonyl (C=O) groups is 1. The van der Waals surface area contributed by atoms with E-state index in [1.807, 2.05) is 0 Å². The first-order chi connectivity index (χ1) is 12.4. The van der Waals surface area contributed by atoms with Crippen LogP contribution in [0.2, 0.25) is 0 Å². The Morgan fingerprint density at radius 1 is 1.08 bits per heavy atom. The maximum Gasteiger partial charge on any atom is 0.417 e. The average molecular weight is 372 g/mol. The molecule has 132 valence electrons. The lowest BCUT2D eigenvalue weighted by atomic mass is 10.3. The molecule has 1 aliphatic rings. The molecular formula is C16H12N4O5S. The molecule has 0 unspecified atom stereocenters. The quantitative estimate of drug-likeness (QED) is 0.710. The molecule has 10 heteroatoms. The first-order valence-electron chi connectivity index (χ1n) is 7.54. The van der Waals surface area contributed by atoms with Crippen LogP contribution in [0.25, 0.3) is 11.1 Å². The van der Waals surface area contributed by atoms with Crippen LogP contribution in [-0.4, -0.2) is 25.1 Å². The maximum absolute atomic E-state index is 12.5. The molecule has 26 heavy (non-hydrogen) atoms. The number of H-pyrrole nitrogens is 1. The van der Waals surface area contributed by atoms with Crippen LogP contribution in [0.3, 0.4) is 0 Å². The van der Waals surface area contributed by atoms with Crippen molar-refractivity contribution in [3.8, 4) is 0 Å². The predicted molar refractivity (Wildman–Crippen MR) is 93.1 cm³/mol. The number of aromatic nitrogens is 1. The molecule has 2 heterocycles. The fourth-order valence-corrected chi connectivity index (χ4v) is 3.59. The molecule has 0 aliphatic carbocycles. The van der Waals surface area contributed by atoms with Crippen molar-refractivity contribution >= 4 is 38.6 Å². The number of aromatic amines is 1. The summed E-state index contributed by atoms with van der Waals surface area (Å²) in [6, 6.07) is 12.7. The van der Waals surface area contributed by atoms with Crippen LogP contribution in [0.15, 0.2) is 67.0 Å². The van der Waals surface area contributed by atoms with E-state index in [0.717, 1.165) is 0 Å². The molecule has 0 spiro atoms. The zero-order valence-corrected chi connectivity index (χ0v) is 14.0. The highest BCUT2D eigenvalue weighted by molar-refractivity contribution is 7.90. The number of benzene rings is 2. The van der Waals surface area contributed by atoms with Crippen molar-refractivity contribution in [2.24, 2.45) is 4.40 Å². The topological polar surface area (TPSA) is 125 Å². The number of nitrogens with one attached hydrogen (secondary N) is 2. The van der Waals surface area contributed by atoms with E-state index < -0.39 is 15.8 Å². The molecule has 1 fully saturated rings. The number of amidine groups is 1. The van der Waals surface area contributed by atoms with Crippen molar-refractivity contribution in [3.63, 3.8) is 0 Å². The van der Waals surface area contributed by atoms with Crippen molar-refractivity contribution in [1.82, 2.24) is 10.4 Å². The maximum atomic E-state index is 12.5. The van der Waals surface area contributed by atoms with Gasteiger partial charge in [0.05, 0.1) is 22.5 Å². The second-order valence-corrected chi connectivity index (χ2v) is 7.14. The zero-order chi connectivity index (χ0) is 18.3. The molecule has 0 radical (unpaired) electrons. The van der Waals surface area contributed by atoms with Crippen molar-refractivity contribution in [2.75, 3.05) is 5.01 Å². The smallest absolute Gasteiger partial charge is 0.408 e. The van der Waals surface area contributed by atoms with E-state index >= 15 is 0 Å². The predicted octanol–water partition coefficient (Wildman–Crippen LogP) is 1.15. The highest BCUT2D eigenvalue weighted by Crippen LogP contribution is 2.21. The molecule has 4 rings (SSSR count). The lowest BCUT2D eigenvalue weighted by Gasteiger charge is -2.15. The number of hydrazine groups is 1. The Morgan fingerprint density at radius 3 is 2.62 bits per heavy atom. The summed E-state index contributed by atoms with van der Waals surface area (Å²) in [4.78, 5) is 25.6. The summed E-state index contributed by atoms with van der Waals surface area (Å²) < 4.78 is 33.6. The average Bonchev–Trinajstić information content (AvgIpc) is 3.15. The molecule has 9 nitrogen and oxygen atoms in total. The van der Waals surface area contributed by atoms with E-state index in [-0.39, 0.29) is 34.2 Å². The van der Waals surface area contributed by atoms with E-state index in [4.69, 9.17) is 4.42 Å². The Balaban J connectivity index is 1.66. The molecule has 0 bridgehead atoms. The molecule has 0 atom stereocenters. The van der Waals surface area contributed by atoms with Crippen LogP contribution in [-0.2, 0) is 14.8 Å². The van der Waals surface area contributed by atoms with Gasteiger partial charge in [0, 0.05) is 0 Å². The van der Waals surface area contributed by atoms with Crippen molar-refractivity contribution < 1.29 is 17.6 Å². The Bertz CT molecular complexity index is 1190. The number of fused-ring (bicyclic) bond motifs is 1. The lowest BCUT2D eigenvalue weighted by Crippen LogP contribution is -2.36. The number of rotatable bonds is 3. The minimum atomic E-state index is -4.07. The van der Waals surface area contributed by atoms with Gasteiger partial charge in [-0.05, 0) is 30.3 Å². The number of hydrogen-bond acceptors (Lipinski definition) is 5. The summed E-state index contributed by atoms with van der Waals surface area (Å²) in [6.07, 6.45) is -0.168. The highest BCUT2D eigenvalue weighted by Gasteiger charge is 2.29. The van der Waals surface area contributed by atoms with Gasteiger partial charge in [-0.3, -0.25) is 15.2 Å². The first kappa shape index (κ1) is 16.1. The van der Waals surface area contributed by atoms with E-state index in [1.54, 1.807) is 30.3 Å². The fourth-order valence-electron chi connectivity index (χ4n) is 2.58. The number of carbonyl (C=O) groups excluding carboxylic acids is 1. The number of oxazole rings is 1. The zero-order valence-electron chi connectivity index (χ0n) is 13.2. The van der Waals surface area contributed by atoms with Gasteiger partial charge >= 0.3 is 5.76 Å². The van der Waals surface area contributed by atoms with E-state index in [9.17, 15) is 18.0 Å². The fraction of sp³-hybridized carbons (Fsp3) is 0.0625. The second kappa shape index (κ2) is 5.85. The van der Waals surface area contributed by atoms with Gasteiger partial charge in [-0.15, -0.1) is 4.40 Å². The first-order valence-corrected chi connectivity index (χ1v) is 8.98. The molecule has 1 aliphatic heterocycles. The molecular weight excluding hydrogens is 360 g/mol. The van der Waals surface area contributed by atoms with Crippen molar-refractivity contribution in [2.45, 2.75) is 11.3 Å². The van der Waals surface area contributed by atoms with E-state index in [0.29, 0.717) is 5.69 Å². The standard InChI is InChI=1S/C16H12N4O5S/c21-15-9-14(18-20(15)10-4-2-1-3-5-10)19-26(23,24)11-6-7-13-12(8-11)17-16(22)25-13/h1-8H,9H2,(H,17,22)(H,18,19). The van der Waals surface area contributed by atoms with Gasteiger partial charge in [0.25, 0.3) is 15.9 Å². The summed E-state index contributed by atoms with van der Waals surface area (Å²) in [6.45, 7) is 0. The summed E-state index contributed by atoms with van der Waals surface area (Å²) in [5, 5.41) is 1.24. The van der Waals surface area contributed by atoms with Gasteiger partial charge in [-0.2, -0.15) is 8.42 Å². The molecule has 2 aromatic carbocycles. The summed E-state index contributed by atoms with van der Waals surface area (Å²) in [5.74, 6) is -0.984. The minimum absolute atomic E-state index is 0.0136. The molecule has 0 saturated carbocycles. The number of amides is 1. The SMILES string of the molecule is O=C1C/C(=N/S(=O)(=O)c2ccc3oc(=O)[nH]c3c2)NN1c1ccccc1. The van der Waals surface area contributed by atoms with Crippen LogP contribution in [0.4, 0.5) is 5.69 Å². The van der Waals surface area contributed by atoms with Crippen LogP contribution >= 0.6 is 0 Å². The number of sulfonamides is 1. The third kappa shape index (κ3) is 2.86. The van der Waals surface area contributed by atoms with E-state index in [2.05, 4.69) is 14.8 Å². The summed E-state index contributed by atoms with van der Waals surface area (Å²) >= 11 is 0. The molecule has 1 saturated heterocycles. The summed E-state index contributed by atoms with van der Waals surface area (Å²) in [5.41, 5.74) is 3.77. The Hall–Kier alpha value is -3.40. The van der Waals surface area contributed by atoms with Gasteiger partial charge in [0.2, 0.25) is 0 Å². The number of nitrogens with zero attached hydrogens (tertiary/aromatic N) is 2. The third-order valence-electron chi connectivity index (χ3n) is 3.74. The minimum Gasteiger partial charge on any atom is -0.408 e. The molecule has 2 N–H and O–H groups in total. The monoisotopic (exact) mass is 372 g/mol.